The van der Waals surface area contributed by atoms with Gasteiger partial charge in [0.2, 0.25) is 5.91 Å². The smallest absolute Gasteiger partial charge is 0.252 e. The Balaban J connectivity index is 2.09. The van der Waals surface area contributed by atoms with Gasteiger partial charge in [0.15, 0.2) is 0 Å². The zero-order chi connectivity index (χ0) is 20.5. The molecule has 0 fully saturated rings. The molecule has 0 aromatic heterocycles. The first kappa shape index (κ1) is 21.8. The summed E-state index contributed by atoms with van der Waals surface area (Å²) in [6, 6.07) is 15.1. The van der Waals surface area contributed by atoms with E-state index in [-0.39, 0.29) is 29.7 Å². The summed E-state index contributed by atoms with van der Waals surface area (Å²) < 4.78 is 5.20. The normalized spacial score (nSPS) is 11.8. The molecule has 0 radical (unpaired) electrons. The number of thioether (sulfide) groups is 1. The Morgan fingerprint density at radius 1 is 1.04 bits per heavy atom. The van der Waals surface area contributed by atoms with Crippen molar-refractivity contribution in [1.29, 1.82) is 0 Å². The van der Waals surface area contributed by atoms with Crippen molar-refractivity contribution in [3.63, 3.8) is 0 Å². The molecule has 0 aliphatic carbocycles. The van der Waals surface area contributed by atoms with Crippen LogP contribution in [0.3, 0.4) is 0 Å². The van der Waals surface area contributed by atoms with Gasteiger partial charge in [-0.15, -0.1) is 11.8 Å². The molecule has 0 saturated carbocycles. The SMILES string of the molecule is CCC(NC(=O)c1ccccc1SCC(=O)NC(C)C)c1ccc(OC)cc1. The number of amides is 2. The van der Waals surface area contributed by atoms with Gasteiger partial charge in [0.25, 0.3) is 5.91 Å². The molecular formula is C22H28N2O3S. The largest absolute Gasteiger partial charge is 0.497 e. The van der Waals surface area contributed by atoms with Crippen LogP contribution < -0.4 is 15.4 Å². The Hall–Kier alpha value is -2.47. The van der Waals surface area contributed by atoms with E-state index in [1.165, 1.54) is 11.8 Å². The molecule has 6 heteroatoms. The van der Waals surface area contributed by atoms with Crippen LogP contribution in [-0.2, 0) is 4.79 Å². The second-order valence-electron chi connectivity index (χ2n) is 6.71. The molecule has 0 saturated heterocycles. The average Bonchev–Trinajstić information content (AvgIpc) is 2.70. The fraction of sp³-hybridized carbons (Fsp3) is 0.364. The van der Waals surface area contributed by atoms with Crippen LogP contribution in [0.15, 0.2) is 53.4 Å². The molecule has 2 aromatic rings. The Labute approximate surface area is 171 Å². The first-order chi connectivity index (χ1) is 13.4. The van der Waals surface area contributed by atoms with Crippen molar-refractivity contribution >= 4 is 23.6 Å². The molecule has 1 atom stereocenters. The van der Waals surface area contributed by atoms with Gasteiger partial charge in [-0.3, -0.25) is 9.59 Å². The third kappa shape index (κ3) is 6.30. The van der Waals surface area contributed by atoms with E-state index in [4.69, 9.17) is 4.74 Å². The van der Waals surface area contributed by atoms with Crippen molar-refractivity contribution in [2.75, 3.05) is 12.9 Å². The molecule has 2 rings (SSSR count). The van der Waals surface area contributed by atoms with E-state index in [1.807, 2.05) is 63.2 Å². The van der Waals surface area contributed by atoms with E-state index in [1.54, 1.807) is 13.2 Å². The maximum atomic E-state index is 12.9. The van der Waals surface area contributed by atoms with E-state index in [0.717, 1.165) is 22.6 Å². The summed E-state index contributed by atoms with van der Waals surface area (Å²) >= 11 is 1.37. The summed E-state index contributed by atoms with van der Waals surface area (Å²) in [5.74, 6) is 0.874. The van der Waals surface area contributed by atoms with Crippen LogP contribution in [0.2, 0.25) is 0 Å². The fourth-order valence-electron chi connectivity index (χ4n) is 2.78. The molecule has 150 valence electrons. The van der Waals surface area contributed by atoms with Gasteiger partial charge in [-0.1, -0.05) is 31.2 Å². The third-order valence-electron chi connectivity index (χ3n) is 4.17. The molecule has 2 aromatic carbocycles. The number of benzene rings is 2. The summed E-state index contributed by atoms with van der Waals surface area (Å²) in [5, 5.41) is 5.97. The fourth-order valence-corrected chi connectivity index (χ4v) is 3.64. The van der Waals surface area contributed by atoms with Gasteiger partial charge in [0.1, 0.15) is 5.75 Å². The second-order valence-corrected chi connectivity index (χ2v) is 7.73. The summed E-state index contributed by atoms with van der Waals surface area (Å²) in [6.07, 6.45) is 0.768. The van der Waals surface area contributed by atoms with Crippen LogP contribution in [0.4, 0.5) is 0 Å². The molecule has 0 spiro atoms. The Morgan fingerprint density at radius 2 is 1.71 bits per heavy atom. The number of hydrogen-bond acceptors (Lipinski definition) is 4. The minimum atomic E-state index is -0.143. The first-order valence-electron chi connectivity index (χ1n) is 9.40. The lowest BCUT2D eigenvalue weighted by atomic mass is 10.0. The van der Waals surface area contributed by atoms with Crippen molar-refractivity contribution < 1.29 is 14.3 Å². The highest BCUT2D eigenvalue weighted by molar-refractivity contribution is 8.00. The molecule has 1 unspecified atom stereocenters. The maximum absolute atomic E-state index is 12.9. The van der Waals surface area contributed by atoms with Gasteiger partial charge in [0.05, 0.1) is 24.5 Å². The van der Waals surface area contributed by atoms with E-state index in [2.05, 4.69) is 10.6 Å². The van der Waals surface area contributed by atoms with Crippen LogP contribution >= 0.6 is 11.8 Å². The Morgan fingerprint density at radius 3 is 2.32 bits per heavy atom. The van der Waals surface area contributed by atoms with Gasteiger partial charge < -0.3 is 15.4 Å². The van der Waals surface area contributed by atoms with Crippen LogP contribution in [0.1, 0.15) is 49.2 Å². The molecule has 5 nitrogen and oxygen atoms in total. The zero-order valence-electron chi connectivity index (χ0n) is 16.8. The highest BCUT2D eigenvalue weighted by Gasteiger charge is 2.17. The molecule has 2 N–H and O–H groups in total. The summed E-state index contributed by atoms with van der Waals surface area (Å²) in [4.78, 5) is 25.6. The maximum Gasteiger partial charge on any atom is 0.252 e. The first-order valence-corrected chi connectivity index (χ1v) is 10.4. The van der Waals surface area contributed by atoms with E-state index >= 15 is 0 Å². The average molecular weight is 401 g/mol. The predicted octanol–water partition coefficient (Wildman–Crippen LogP) is 4.19. The van der Waals surface area contributed by atoms with Crippen molar-refractivity contribution in [1.82, 2.24) is 10.6 Å². The second kappa shape index (κ2) is 10.8. The summed E-state index contributed by atoms with van der Waals surface area (Å²) in [6.45, 7) is 5.88. The lowest BCUT2D eigenvalue weighted by Crippen LogP contribution is -2.31. The molecule has 0 aliphatic heterocycles. The summed E-state index contributed by atoms with van der Waals surface area (Å²) in [7, 11) is 1.63. The monoisotopic (exact) mass is 400 g/mol. The zero-order valence-corrected chi connectivity index (χ0v) is 17.6. The number of rotatable bonds is 9. The van der Waals surface area contributed by atoms with Crippen molar-refractivity contribution in [3.8, 4) is 5.75 Å². The topological polar surface area (TPSA) is 67.4 Å². The van der Waals surface area contributed by atoms with Crippen LogP contribution in [-0.4, -0.2) is 30.7 Å². The van der Waals surface area contributed by atoms with Crippen molar-refractivity contribution in [2.45, 2.75) is 44.2 Å². The standard InChI is InChI=1S/C22H28N2O3S/c1-5-19(16-10-12-17(27-4)13-11-16)24-22(26)18-8-6-7-9-20(18)28-14-21(25)23-15(2)3/h6-13,15,19H,5,14H2,1-4H3,(H,23,25)(H,24,26). The van der Waals surface area contributed by atoms with Gasteiger partial charge in [-0.2, -0.15) is 0 Å². The van der Waals surface area contributed by atoms with E-state index in [9.17, 15) is 9.59 Å². The molecule has 0 aliphatic rings. The molecular weight excluding hydrogens is 372 g/mol. The number of nitrogens with one attached hydrogen (secondary N) is 2. The van der Waals surface area contributed by atoms with Gasteiger partial charge in [0, 0.05) is 10.9 Å². The van der Waals surface area contributed by atoms with Crippen molar-refractivity contribution in [2.24, 2.45) is 0 Å². The predicted molar refractivity (Wildman–Crippen MR) is 114 cm³/mol. The lowest BCUT2D eigenvalue weighted by molar-refractivity contribution is -0.119. The van der Waals surface area contributed by atoms with Gasteiger partial charge >= 0.3 is 0 Å². The number of methoxy groups -OCH3 is 1. The minimum Gasteiger partial charge on any atom is -0.497 e. The van der Waals surface area contributed by atoms with Crippen LogP contribution in [0, 0.1) is 0 Å². The minimum absolute atomic E-state index is 0.0418. The summed E-state index contributed by atoms with van der Waals surface area (Å²) in [5.41, 5.74) is 1.61. The van der Waals surface area contributed by atoms with E-state index in [0.29, 0.717) is 5.56 Å². The van der Waals surface area contributed by atoms with Crippen LogP contribution in [0.25, 0.3) is 0 Å². The van der Waals surface area contributed by atoms with Crippen LogP contribution in [0.5, 0.6) is 5.75 Å². The number of ether oxygens (including phenoxy) is 1. The number of carbonyl (C=O) groups excluding carboxylic acids is 2. The van der Waals surface area contributed by atoms with Gasteiger partial charge in [-0.25, -0.2) is 0 Å². The highest BCUT2D eigenvalue weighted by atomic mass is 32.2. The van der Waals surface area contributed by atoms with Gasteiger partial charge in [-0.05, 0) is 50.1 Å². The number of carbonyl (C=O) groups is 2. The Kier molecular flexibility index (Phi) is 8.39. The molecule has 28 heavy (non-hydrogen) atoms. The lowest BCUT2D eigenvalue weighted by Gasteiger charge is -2.19. The molecule has 0 heterocycles. The Bertz CT molecular complexity index is 791. The third-order valence-corrected chi connectivity index (χ3v) is 5.25. The van der Waals surface area contributed by atoms with E-state index < -0.39 is 0 Å². The quantitative estimate of drug-likeness (QED) is 0.619. The molecule has 2 amide bonds. The molecule has 0 bridgehead atoms. The highest BCUT2D eigenvalue weighted by Crippen LogP contribution is 2.25. The van der Waals surface area contributed by atoms with Crippen molar-refractivity contribution in [3.05, 3.63) is 59.7 Å². The number of hydrogen-bond donors (Lipinski definition) is 2.